The second kappa shape index (κ2) is 7.22. The second-order valence-electron chi connectivity index (χ2n) is 4.40. The molecule has 0 spiro atoms. The van der Waals surface area contributed by atoms with E-state index in [-0.39, 0.29) is 0 Å². The van der Waals surface area contributed by atoms with Crippen molar-refractivity contribution in [3.8, 4) is 6.07 Å². The molecule has 108 valence electrons. The number of para-hydroxylation sites is 1. The van der Waals surface area contributed by atoms with Crippen LogP contribution < -0.4 is 10.6 Å². The van der Waals surface area contributed by atoms with E-state index < -0.39 is 0 Å². The maximum absolute atomic E-state index is 8.85. The summed E-state index contributed by atoms with van der Waals surface area (Å²) in [7, 11) is 1.58. The number of nitriles is 1. The molecule has 0 unspecified atom stereocenters. The van der Waals surface area contributed by atoms with Crippen LogP contribution >= 0.6 is 0 Å². The number of rotatable bonds is 6. The molecule has 0 aliphatic heterocycles. The average molecular weight is 283 g/mol. The van der Waals surface area contributed by atoms with Crippen LogP contribution in [0.5, 0.6) is 0 Å². The van der Waals surface area contributed by atoms with E-state index in [1.807, 2.05) is 35.2 Å². The molecule has 0 aliphatic carbocycles. The molecule has 6 heteroatoms. The Hall–Kier alpha value is -2.65. The number of nitrogen functional groups attached to an aromatic ring is 1. The summed E-state index contributed by atoms with van der Waals surface area (Å²) in [6.07, 6.45) is 0.387. The first-order valence-corrected chi connectivity index (χ1v) is 6.56. The number of nitrogens with zero attached hydrogens (tertiary/aromatic N) is 4. The fourth-order valence-electron chi connectivity index (χ4n) is 1.98. The van der Waals surface area contributed by atoms with Crippen LogP contribution in [-0.4, -0.2) is 23.6 Å². The van der Waals surface area contributed by atoms with Crippen LogP contribution in [0.1, 0.15) is 12.2 Å². The molecular formula is C15H17N5O. The Balaban J connectivity index is 2.39. The summed E-state index contributed by atoms with van der Waals surface area (Å²) < 4.78 is 5.05. The maximum atomic E-state index is 8.85. The van der Waals surface area contributed by atoms with Gasteiger partial charge < -0.3 is 15.4 Å². The topological polar surface area (TPSA) is 88.1 Å². The minimum Gasteiger partial charge on any atom is -0.384 e. The fraction of sp³-hybridized carbons (Fsp3) is 0.267. The number of hydrogen-bond donors (Lipinski definition) is 1. The molecule has 0 aliphatic rings. The van der Waals surface area contributed by atoms with Gasteiger partial charge in [-0.1, -0.05) is 18.2 Å². The minimum atomic E-state index is 0.291. The van der Waals surface area contributed by atoms with Crippen LogP contribution in [0.4, 0.5) is 17.3 Å². The van der Waals surface area contributed by atoms with Gasteiger partial charge in [0.15, 0.2) is 5.82 Å². The molecular weight excluding hydrogens is 266 g/mol. The van der Waals surface area contributed by atoms with E-state index in [2.05, 4.69) is 16.0 Å². The third-order valence-corrected chi connectivity index (χ3v) is 2.84. The molecule has 0 fully saturated rings. The molecule has 0 bridgehead atoms. The largest absolute Gasteiger partial charge is 0.384 e. The number of ether oxygens (including phenoxy) is 1. The second-order valence-corrected chi connectivity index (χ2v) is 4.40. The van der Waals surface area contributed by atoms with Crippen molar-refractivity contribution < 1.29 is 4.74 Å². The third kappa shape index (κ3) is 3.91. The molecule has 6 nitrogen and oxygen atoms in total. The first-order chi connectivity index (χ1) is 10.2. The zero-order chi connectivity index (χ0) is 15.1. The fourth-order valence-corrected chi connectivity index (χ4v) is 1.98. The Morgan fingerprint density at radius 1 is 1.29 bits per heavy atom. The van der Waals surface area contributed by atoms with Crippen molar-refractivity contribution in [2.24, 2.45) is 0 Å². The predicted octanol–water partition coefficient (Wildman–Crippen LogP) is 2.26. The Morgan fingerprint density at radius 3 is 2.71 bits per heavy atom. The van der Waals surface area contributed by atoms with Gasteiger partial charge in [0.1, 0.15) is 18.2 Å². The molecule has 1 aromatic carbocycles. The molecule has 2 N–H and O–H groups in total. The van der Waals surface area contributed by atoms with E-state index in [0.29, 0.717) is 37.0 Å². The van der Waals surface area contributed by atoms with Crippen molar-refractivity contribution >= 4 is 17.3 Å². The van der Waals surface area contributed by atoms with Gasteiger partial charge in [-0.15, -0.1) is 0 Å². The number of methoxy groups -OCH3 is 1. The number of aromatic nitrogens is 2. The first kappa shape index (κ1) is 14.8. The quantitative estimate of drug-likeness (QED) is 0.874. The summed E-state index contributed by atoms with van der Waals surface area (Å²) in [6, 6.07) is 13.6. The van der Waals surface area contributed by atoms with Gasteiger partial charge in [0.25, 0.3) is 0 Å². The lowest BCUT2D eigenvalue weighted by atomic mass is 10.2. The van der Waals surface area contributed by atoms with E-state index in [1.165, 1.54) is 0 Å². The lowest BCUT2D eigenvalue weighted by Gasteiger charge is -2.23. The van der Waals surface area contributed by atoms with Gasteiger partial charge in [0.2, 0.25) is 0 Å². The van der Waals surface area contributed by atoms with Crippen molar-refractivity contribution in [1.29, 1.82) is 5.26 Å². The summed E-state index contributed by atoms with van der Waals surface area (Å²) in [6.45, 7) is 0.822. The Bertz CT molecular complexity index is 624. The molecule has 1 heterocycles. The van der Waals surface area contributed by atoms with E-state index in [1.54, 1.807) is 13.2 Å². The van der Waals surface area contributed by atoms with E-state index in [9.17, 15) is 0 Å². The molecule has 2 aromatic rings. The van der Waals surface area contributed by atoms with E-state index in [0.717, 1.165) is 5.69 Å². The van der Waals surface area contributed by atoms with Gasteiger partial charge in [0, 0.05) is 25.4 Å². The number of anilines is 3. The highest BCUT2D eigenvalue weighted by atomic mass is 16.5. The summed E-state index contributed by atoms with van der Waals surface area (Å²) in [5.41, 5.74) is 6.79. The van der Waals surface area contributed by atoms with Crippen molar-refractivity contribution in [2.45, 2.75) is 13.0 Å². The maximum Gasteiger partial charge on any atom is 0.158 e. The van der Waals surface area contributed by atoms with Crippen LogP contribution in [0.3, 0.4) is 0 Å². The van der Waals surface area contributed by atoms with Crippen LogP contribution in [0.2, 0.25) is 0 Å². The van der Waals surface area contributed by atoms with E-state index in [4.69, 9.17) is 15.7 Å². The van der Waals surface area contributed by atoms with Crippen LogP contribution in [0, 0.1) is 11.3 Å². The van der Waals surface area contributed by atoms with Crippen molar-refractivity contribution in [3.63, 3.8) is 0 Å². The van der Waals surface area contributed by atoms with Crippen molar-refractivity contribution in [1.82, 2.24) is 9.97 Å². The van der Waals surface area contributed by atoms with Gasteiger partial charge in [-0.2, -0.15) is 5.26 Å². The van der Waals surface area contributed by atoms with Crippen molar-refractivity contribution in [2.75, 3.05) is 24.3 Å². The summed E-state index contributed by atoms with van der Waals surface area (Å²) in [4.78, 5) is 10.5. The monoisotopic (exact) mass is 283 g/mol. The molecule has 0 radical (unpaired) electrons. The zero-order valence-corrected chi connectivity index (χ0v) is 11.9. The Kier molecular flexibility index (Phi) is 5.07. The summed E-state index contributed by atoms with van der Waals surface area (Å²) >= 11 is 0. The van der Waals surface area contributed by atoms with Gasteiger partial charge in [-0.3, -0.25) is 0 Å². The lowest BCUT2D eigenvalue weighted by molar-refractivity contribution is 0.178. The molecule has 0 saturated carbocycles. The third-order valence-electron chi connectivity index (χ3n) is 2.84. The highest BCUT2D eigenvalue weighted by Crippen LogP contribution is 2.24. The number of hydrogen-bond acceptors (Lipinski definition) is 6. The van der Waals surface area contributed by atoms with Crippen LogP contribution in [0.15, 0.2) is 36.4 Å². The summed E-state index contributed by atoms with van der Waals surface area (Å²) in [5.74, 6) is 1.56. The van der Waals surface area contributed by atoms with Crippen LogP contribution in [0.25, 0.3) is 0 Å². The summed E-state index contributed by atoms with van der Waals surface area (Å²) in [5, 5.41) is 8.85. The minimum absolute atomic E-state index is 0.291. The first-order valence-electron chi connectivity index (χ1n) is 6.56. The van der Waals surface area contributed by atoms with Crippen molar-refractivity contribution in [3.05, 3.63) is 42.2 Å². The van der Waals surface area contributed by atoms with Gasteiger partial charge in [-0.25, -0.2) is 9.97 Å². The SMILES string of the molecule is COCc1nc(N)cc(N(CCC#N)c2ccccc2)n1. The smallest absolute Gasteiger partial charge is 0.158 e. The highest BCUT2D eigenvalue weighted by Gasteiger charge is 2.12. The normalized spacial score (nSPS) is 10.1. The molecule has 0 amide bonds. The van der Waals surface area contributed by atoms with Gasteiger partial charge >= 0.3 is 0 Å². The zero-order valence-electron chi connectivity index (χ0n) is 11.9. The van der Waals surface area contributed by atoms with Gasteiger partial charge in [-0.05, 0) is 12.1 Å². The Labute approximate surface area is 123 Å². The molecule has 0 atom stereocenters. The Morgan fingerprint density at radius 2 is 2.05 bits per heavy atom. The standard InChI is InChI=1S/C15H17N5O/c1-21-11-14-18-13(17)10-15(19-14)20(9-5-8-16)12-6-3-2-4-7-12/h2-4,6-7,10H,5,9,11H2,1H3,(H2,17,18,19). The molecule has 21 heavy (non-hydrogen) atoms. The lowest BCUT2D eigenvalue weighted by Crippen LogP contribution is -2.20. The van der Waals surface area contributed by atoms with E-state index >= 15 is 0 Å². The highest BCUT2D eigenvalue weighted by molar-refractivity contribution is 5.61. The average Bonchev–Trinajstić information content (AvgIpc) is 2.48. The molecule has 0 saturated heterocycles. The number of nitrogens with two attached hydrogens (primary N) is 1. The predicted molar refractivity (Wildman–Crippen MR) is 80.8 cm³/mol. The number of benzene rings is 1. The van der Waals surface area contributed by atoms with Crippen LogP contribution in [-0.2, 0) is 11.3 Å². The van der Waals surface area contributed by atoms with Gasteiger partial charge in [0.05, 0.1) is 12.5 Å². The molecule has 1 aromatic heterocycles. The molecule has 2 rings (SSSR count).